The van der Waals surface area contributed by atoms with Crippen molar-refractivity contribution in [3.05, 3.63) is 65.4 Å². The third-order valence-electron chi connectivity index (χ3n) is 5.71. The second-order valence-corrected chi connectivity index (χ2v) is 8.15. The summed E-state index contributed by atoms with van der Waals surface area (Å²) in [5.41, 5.74) is 4.13. The highest BCUT2D eigenvalue weighted by Gasteiger charge is 2.30. The van der Waals surface area contributed by atoms with E-state index in [4.69, 9.17) is 9.84 Å². The van der Waals surface area contributed by atoms with E-state index in [9.17, 15) is 14.4 Å². The molecule has 2 N–H and O–H groups in total. The van der Waals surface area contributed by atoms with Crippen LogP contribution < -0.4 is 5.32 Å². The lowest BCUT2D eigenvalue weighted by atomic mass is 9.98. The predicted octanol–water partition coefficient (Wildman–Crippen LogP) is 3.76. The summed E-state index contributed by atoms with van der Waals surface area (Å²) in [7, 11) is 0. The van der Waals surface area contributed by atoms with Crippen molar-refractivity contribution in [1.82, 2.24) is 15.2 Å². The fourth-order valence-electron chi connectivity index (χ4n) is 4.09. The monoisotopic (exact) mass is 464 g/mol. The number of carbonyl (C=O) groups excluding carboxylic acids is 2. The summed E-state index contributed by atoms with van der Waals surface area (Å²) in [4.78, 5) is 37.7. The maximum Gasteiger partial charge on any atom is 0.412 e. The Balaban J connectivity index is 1.44. The molecule has 2 aromatic carbocycles. The number of carboxylic acid groups (broad SMARTS) is 1. The second-order valence-electron chi connectivity index (χ2n) is 8.15. The number of fused-ring (bicyclic) bond motifs is 3. The van der Waals surface area contributed by atoms with Gasteiger partial charge in [-0.15, -0.1) is 0 Å². The topological polar surface area (TPSA) is 135 Å². The molecule has 0 bridgehead atoms. The van der Waals surface area contributed by atoms with Gasteiger partial charge in [0.1, 0.15) is 6.61 Å². The third-order valence-corrected chi connectivity index (χ3v) is 5.71. The molecule has 0 saturated carbocycles. The van der Waals surface area contributed by atoms with Crippen LogP contribution in [-0.4, -0.2) is 57.5 Å². The number of nitrogens with zero attached hydrogens (tertiary/aromatic N) is 3. The summed E-state index contributed by atoms with van der Waals surface area (Å²) in [5, 5.41) is 18.6. The fraction of sp³-hybridized carbons (Fsp3) is 0.292. The molecule has 1 heterocycles. The lowest BCUT2D eigenvalue weighted by Gasteiger charge is -2.25. The molecule has 1 aliphatic carbocycles. The molecule has 10 heteroatoms. The maximum absolute atomic E-state index is 12.9. The van der Waals surface area contributed by atoms with Crippen LogP contribution in [-0.2, 0) is 9.53 Å². The number of anilines is 1. The molecule has 10 nitrogen and oxygen atoms in total. The highest BCUT2D eigenvalue weighted by atomic mass is 16.6. The SMILES string of the molecule is CC(C)N(CCC(=O)O)C(=O)c1nonc1NC(=O)OCC1c2ccccc2-c2ccccc21. The molecular formula is C24H24N4O6. The van der Waals surface area contributed by atoms with Crippen LogP contribution in [0.1, 0.15) is 47.8 Å². The number of carboxylic acids is 1. The van der Waals surface area contributed by atoms with E-state index in [0.717, 1.165) is 22.3 Å². The Hall–Kier alpha value is -4.21. The average molecular weight is 464 g/mol. The molecule has 0 fully saturated rings. The smallest absolute Gasteiger partial charge is 0.412 e. The largest absolute Gasteiger partial charge is 0.481 e. The van der Waals surface area contributed by atoms with Crippen molar-refractivity contribution in [3.8, 4) is 11.1 Å². The standard InChI is InChI=1S/C24H24N4O6/c1-14(2)28(12-11-20(29)30)23(31)21-22(27-34-26-21)25-24(32)33-13-19-17-9-5-3-7-15(17)16-8-4-6-10-18(16)19/h3-10,14,19H,11-13H2,1-2H3,(H,29,30)(H,25,27,32). The van der Waals surface area contributed by atoms with Gasteiger partial charge < -0.3 is 14.7 Å². The van der Waals surface area contributed by atoms with Crippen LogP contribution in [0.3, 0.4) is 0 Å². The minimum Gasteiger partial charge on any atom is -0.481 e. The molecule has 0 unspecified atom stereocenters. The zero-order valence-electron chi connectivity index (χ0n) is 18.7. The molecule has 0 radical (unpaired) electrons. The highest BCUT2D eigenvalue weighted by Crippen LogP contribution is 2.44. The quantitative estimate of drug-likeness (QED) is 0.515. The molecule has 0 spiro atoms. The first kappa shape index (κ1) is 23.0. The van der Waals surface area contributed by atoms with Crippen LogP contribution in [0.5, 0.6) is 0 Å². The number of carbonyl (C=O) groups is 3. The van der Waals surface area contributed by atoms with Crippen LogP contribution in [0, 0.1) is 0 Å². The van der Waals surface area contributed by atoms with E-state index in [-0.39, 0.29) is 43.0 Å². The van der Waals surface area contributed by atoms with Crippen LogP contribution in [0.4, 0.5) is 10.6 Å². The first-order chi connectivity index (χ1) is 16.4. The van der Waals surface area contributed by atoms with Crippen molar-refractivity contribution >= 4 is 23.8 Å². The number of ether oxygens (including phenoxy) is 1. The summed E-state index contributed by atoms with van der Waals surface area (Å²) < 4.78 is 10.1. The molecule has 4 rings (SSSR count). The van der Waals surface area contributed by atoms with E-state index >= 15 is 0 Å². The van der Waals surface area contributed by atoms with Crippen LogP contribution in [0.25, 0.3) is 11.1 Å². The Morgan fingerprint density at radius 1 is 1.06 bits per heavy atom. The van der Waals surface area contributed by atoms with E-state index in [0.29, 0.717) is 0 Å². The highest BCUT2D eigenvalue weighted by molar-refractivity contribution is 5.99. The number of hydrogen-bond acceptors (Lipinski definition) is 7. The van der Waals surface area contributed by atoms with Gasteiger partial charge in [0.25, 0.3) is 5.91 Å². The Kier molecular flexibility index (Phi) is 6.58. The van der Waals surface area contributed by atoms with Crippen molar-refractivity contribution in [2.75, 3.05) is 18.5 Å². The van der Waals surface area contributed by atoms with E-state index in [1.54, 1.807) is 13.8 Å². The number of hydrogen-bond donors (Lipinski definition) is 2. The van der Waals surface area contributed by atoms with Crippen molar-refractivity contribution in [2.45, 2.75) is 32.2 Å². The van der Waals surface area contributed by atoms with Gasteiger partial charge in [0, 0.05) is 18.5 Å². The average Bonchev–Trinajstić information content (AvgIpc) is 3.39. The summed E-state index contributed by atoms with van der Waals surface area (Å²) in [6, 6.07) is 15.6. The van der Waals surface area contributed by atoms with Crippen molar-refractivity contribution in [3.63, 3.8) is 0 Å². The van der Waals surface area contributed by atoms with Gasteiger partial charge in [-0.3, -0.25) is 14.9 Å². The van der Waals surface area contributed by atoms with E-state index in [1.165, 1.54) is 4.90 Å². The van der Waals surface area contributed by atoms with Crippen LogP contribution in [0.15, 0.2) is 53.2 Å². The van der Waals surface area contributed by atoms with E-state index in [1.807, 2.05) is 48.5 Å². The lowest BCUT2D eigenvalue weighted by molar-refractivity contribution is -0.137. The summed E-state index contributed by atoms with van der Waals surface area (Å²) >= 11 is 0. The Morgan fingerprint density at radius 3 is 2.26 bits per heavy atom. The summed E-state index contributed by atoms with van der Waals surface area (Å²) in [6.45, 7) is 3.55. The lowest BCUT2D eigenvalue weighted by Crippen LogP contribution is -2.39. The zero-order valence-corrected chi connectivity index (χ0v) is 18.7. The van der Waals surface area contributed by atoms with Gasteiger partial charge in [-0.05, 0) is 46.4 Å². The number of nitrogens with one attached hydrogen (secondary N) is 1. The van der Waals surface area contributed by atoms with E-state index < -0.39 is 18.0 Å². The number of benzene rings is 2. The minimum atomic E-state index is -1.03. The number of aliphatic carboxylic acids is 1. The normalized spacial score (nSPS) is 12.2. The Bertz CT molecular complexity index is 1180. The Morgan fingerprint density at radius 2 is 1.68 bits per heavy atom. The van der Waals surface area contributed by atoms with Crippen molar-refractivity contribution in [2.24, 2.45) is 0 Å². The number of amides is 2. The molecule has 0 atom stereocenters. The first-order valence-corrected chi connectivity index (χ1v) is 10.8. The number of aromatic nitrogens is 2. The molecule has 3 aromatic rings. The second kappa shape index (κ2) is 9.74. The molecule has 34 heavy (non-hydrogen) atoms. The maximum atomic E-state index is 12.9. The predicted molar refractivity (Wildman–Crippen MR) is 121 cm³/mol. The molecule has 0 saturated heterocycles. The van der Waals surface area contributed by atoms with Gasteiger partial charge in [-0.1, -0.05) is 48.5 Å². The zero-order chi connectivity index (χ0) is 24.2. The van der Waals surface area contributed by atoms with Crippen LogP contribution in [0.2, 0.25) is 0 Å². The summed E-state index contributed by atoms with van der Waals surface area (Å²) in [6.07, 6.45) is -1.04. The molecule has 0 aliphatic heterocycles. The fourth-order valence-corrected chi connectivity index (χ4v) is 4.09. The van der Waals surface area contributed by atoms with Gasteiger partial charge in [0.15, 0.2) is 0 Å². The molecular weight excluding hydrogens is 440 g/mol. The minimum absolute atomic E-state index is 0.0247. The molecule has 1 aliphatic rings. The van der Waals surface area contributed by atoms with Gasteiger partial charge in [0.2, 0.25) is 11.5 Å². The van der Waals surface area contributed by atoms with Crippen molar-refractivity contribution < 1.29 is 28.9 Å². The van der Waals surface area contributed by atoms with Crippen LogP contribution >= 0.6 is 0 Å². The van der Waals surface area contributed by atoms with Crippen molar-refractivity contribution in [1.29, 1.82) is 0 Å². The molecule has 2 amide bonds. The Labute approximate surface area is 195 Å². The molecule has 176 valence electrons. The van der Waals surface area contributed by atoms with Gasteiger partial charge in [-0.25, -0.2) is 9.42 Å². The molecule has 1 aromatic heterocycles. The van der Waals surface area contributed by atoms with Gasteiger partial charge >= 0.3 is 12.1 Å². The first-order valence-electron chi connectivity index (χ1n) is 10.8. The van der Waals surface area contributed by atoms with Gasteiger partial charge in [-0.2, -0.15) is 0 Å². The van der Waals surface area contributed by atoms with Gasteiger partial charge in [0.05, 0.1) is 6.42 Å². The number of rotatable bonds is 8. The third kappa shape index (κ3) is 4.61. The van der Waals surface area contributed by atoms with E-state index in [2.05, 4.69) is 20.3 Å². The summed E-state index contributed by atoms with van der Waals surface area (Å²) in [5.74, 6) is -1.95.